The molecule has 0 aliphatic carbocycles. The van der Waals surface area contributed by atoms with Crippen molar-refractivity contribution in [2.24, 2.45) is 0 Å². The normalized spacial score (nSPS) is 12.9. The number of thiophene rings is 1. The SMILES string of the molecule is CCCN(CCC)CCCCN(C)Cc1cc(CN(Cc2ncc[nH]2)C(C)c2ncc[nH]2)cs1. The van der Waals surface area contributed by atoms with Gasteiger partial charge in [-0.15, -0.1) is 11.3 Å². The summed E-state index contributed by atoms with van der Waals surface area (Å²) in [5.74, 6) is 1.96. The molecule has 0 spiro atoms. The van der Waals surface area contributed by atoms with Crippen LogP contribution in [-0.4, -0.2) is 67.9 Å². The molecule has 0 aliphatic heterocycles. The average molecular weight is 486 g/mol. The molecule has 8 heteroatoms. The van der Waals surface area contributed by atoms with Gasteiger partial charge in [0.25, 0.3) is 0 Å². The summed E-state index contributed by atoms with van der Waals surface area (Å²) < 4.78 is 0. The van der Waals surface area contributed by atoms with E-state index >= 15 is 0 Å². The minimum absolute atomic E-state index is 0.172. The van der Waals surface area contributed by atoms with E-state index in [1.165, 1.54) is 55.8 Å². The molecule has 0 saturated heterocycles. The Hall–Kier alpha value is -2.00. The Balaban J connectivity index is 1.48. The van der Waals surface area contributed by atoms with Crippen LogP contribution in [0.5, 0.6) is 0 Å². The molecule has 34 heavy (non-hydrogen) atoms. The fourth-order valence-corrected chi connectivity index (χ4v) is 5.40. The highest BCUT2D eigenvalue weighted by Crippen LogP contribution is 2.24. The smallest absolute Gasteiger partial charge is 0.123 e. The third-order valence-corrected chi connectivity index (χ3v) is 7.20. The van der Waals surface area contributed by atoms with Gasteiger partial charge in [-0.2, -0.15) is 0 Å². The van der Waals surface area contributed by atoms with E-state index in [-0.39, 0.29) is 6.04 Å². The summed E-state index contributed by atoms with van der Waals surface area (Å²) in [6, 6.07) is 2.54. The molecule has 1 unspecified atom stereocenters. The van der Waals surface area contributed by atoms with E-state index in [0.717, 1.165) is 37.8 Å². The van der Waals surface area contributed by atoms with Crippen molar-refractivity contribution in [3.63, 3.8) is 0 Å². The first kappa shape index (κ1) is 26.6. The number of unbranched alkanes of at least 4 members (excludes halogenated alkanes) is 1. The van der Waals surface area contributed by atoms with Crippen LogP contribution in [0.15, 0.2) is 36.2 Å². The van der Waals surface area contributed by atoms with Crippen LogP contribution in [0.1, 0.15) is 74.6 Å². The standard InChI is InChI=1S/C26H43N7S/c1-5-13-32(14-6-2)16-8-7-15-31(4)19-24-17-23(21-34-24)18-33(20-25-27-9-10-28-25)22(3)26-29-11-12-30-26/h9-12,17,21-22H,5-8,13-16,18-20H2,1-4H3,(H,27,28)(H,29,30). The molecule has 7 nitrogen and oxygen atoms in total. The molecule has 3 aromatic rings. The number of H-pyrrole nitrogens is 2. The molecule has 0 bridgehead atoms. The first-order chi connectivity index (χ1) is 16.6. The maximum atomic E-state index is 4.48. The predicted molar refractivity (Wildman–Crippen MR) is 142 cm³/mol. The molecule has 3 rings (SSSR count). The molecule has 1 atom stereocenters. The van der Waals surface area contributed by atoms with Gasteiger partial charge in [-0.1, -0.05) is 13.8 Å². The number of nitrogens with zero attached hydrogens (tertiary/aromatic N) is 5. The van der Waals surface area contributed by atoms with Crippen molar-refractivity contribution in [3.05, 3.63) is 58.3 Å². The van der Waals surface area contributed by atoms with Crippen molar-refractivity contribution in [2.45, 2.75) is 72.1 Å². The lowest BCUT2D eigenvalue weighted by atomic mass is 10.2. The molecule has 188 valence electrons. The maximum absolute atomic E-state index is 4.48. The summed E-state index contributed by atoms with van der Waals surface area (Å²) in [7, 11) is 2.25. The first-order valence-corrected chi connectivity index (χ1v) is 13.7. The van der Waals surface area contributed by atoms with E-state index in [1.54, 1.807) is 0 Å². The van der Waals surface area contributed by atoms with Crippen molar-refractivity contribution in [2.75, 3.05) is 33.2 Å². The Bertz CT molecular complexity index is 884. The molecule has 2 N–H and O–H groups in total. The molecule has 0 amide bonds. The number of aromatic amines is 2. The Kier molecular flexibility index (Phi) is 11.3. The fourth-order valence-electron chi connectivity index (χ4n) is 4.44. The Labute approximate surface area is 209 Å². The molecule has 0 aromatic carbocycles. The lowest BCUT2D eigenvalue weighted by molar-refractivity contribution is 0.181. The van der Waals surface area contributed by atoms with E-state index in [2.05, 4.69) is 73.9 Å². The van der Waals surface area contributed by atoms with Gasteiger partial charge in [-0.3, -0.25) is 4.90 Å². The number of aromatic nitrogens is 4. The number of imidazole rings is 2. The molecular formula is C26H43N7S. The van der Waals surface area contributed by atoms with Crippen molar-refractivity contribution in [3.8, 4) is 0 Å². The fraction of sp³-hybridized carbons (Fsp3) is 0.615. The summed E-state index contributed by atoms with van der Waals surface area (Å²) in [6.45, 7) is 14.3. The number of nitrogens with one attached hydrogen (secondary N) is 2. The molecule has 3 aromatic heterocycles. The summed E-state index contributed by atoms with van der Waals surface area (Å²) >= 11 is 1.87. The van der Waals surface area contributed by atoms with Crippen molar-refractivity contribution >= 4 is 11.3 Å². The molecule has 0 radical (unpaired) electrons. The van der Waals surface area contributed by atoms with E-state index < -0.39 is 0 Å². The van der Waals surface area contributed by atoms with Gasteiger partial charge in [0.2, 0.25) is 0 Å². The van der Waals surface area contributed by atoms with Crippen LogP contribution < -0.4 is 0 Å². The summed E-state index contributed by atoms with van der Waals surface area (Å²) in [6.07, 6.45) is 12.5. The highest BCUT2D eigenvalue weighted by atomic mass is 32.1. The number of hydrogen-bond acceptors (Lipinski definition) is 6. The van der Waals surface area contributed by atoms with Crippen molar-refractivity contribution in [1.29, 1.82) is 0 Å². The minimum Gasteiger partial charge on any atom is -0.348 e. The summed E-state index contributed by atoms with van der Waals surface area (Å²) in [5, 5.41) is 2.31. The van der Waals surface area contributed by atoms with E-state index in [9.17, 15) is 0 Å². The van der Waals surface area contributed by atoms with Crippen LogP contribution >= 0.6 is 11.3 Å². The highest BCUT2D eigenvalue weighted by molar-refractivity contribution is 7.10. The lowest BCUT2D eigenvalue weighted by Gasteiger charge is -2.26. The molecule has 0 saturated carbocycles. The summed E-state index contributed by atoms with van der Waals surface area (Å²) in [5.41, 5.74) is 1.35. The maximum Gasteiger partial charge on any atom is 0.123 e. The monoisotopic (exact) mass is 485 g/mol. The van der Waals surface area contributed by atoms with Gasteiger partial charge in [-0.25, -0.2) is 9.97 Å². The molecule has 3 heterocycles. The van der Waals surface area contributed by atoms with Gasteiger partial charge in [-0.05, 0) is 82.8 Å². The van der Waals surface area contributed by atoms with Gasteiger partial charge in [0.05, 0.1) is 12.6 Å². The Morgan fingerprint density at radius 1 is 0.912 bits per heavy atom. The quantitative estimate of drug-likeness (QED) is 0.254. The second-order valence-corrected chi connectivity index (χ2v) is 10.3. The van der Waals surface area contributed by atoms with Crippen LogP contribution in [0.3, 0.4) is 0 Å². The van der Waals surface area contributed by atoms with Crippen LogP contribution in [-0.2, 0) is 19.6 Å². The van der Waals surface area contributed by atoms with E-state index in [1.807, 2.05) is 36.1 Å². The Morgan fingerprint density at radius 3 is 2.32 bits per heavy atom. The Morgan fingerprint density at radius 2 is 1.65 bits per heavy atom. The van der Waals surface area contributed by atoms with Gasteiger partial charge < -0.3 is 19.8 Å². The minimum atomic E-state index is 0.172. The highest BCUT2D eigenvalue weighted by Gasteiger charge is 2.20. The van der Waals surface area contributed by atoms with Gasteiger partial charge in [0.1, 0.15) is 11.6 Å². The lowest BCUT2D eigenvalue weighted by Crippen LogP contribution is -2.27. The predicted octanol–water partition coefficient (Wildman–Crippen LogP) is 5.29. The van der Waals surface area contributed by atoms with Crippen LogP contribution in [0.2, 0.25) is 0 Å². The van der Waals surface area contributed by atoms with Gasteiger partial charge in [0.15, 0.2) is 0 Å². The molecule has 0 fully saturated rings. The zero-order valence-corrected chi connectivity index (χ0v) is 22.3. The summed E-state index contributed by atoms with van der Waals surface area (Å²) in [4.78, 5) is 24.3. The van der Waals surface area contributed by atoms with Gasteiger partial charge >= 0.3 is 0 Å². The number of rotatable bonds is 17. The van der Waals surface area contributed by atoms with Crippen LogP contribution in [0.25, 0.3) is 0 Å². The van der Waals surface area contributed by atoms with Crippen LogP contribution in [0.4, 0.5) is 0 Å². The molecular weight excluding hydrogens is 442 g/mol. The second kappa shape index (κ2) is 14.4. The van der Waals surface area contributed by atoms with Crippen molar-refractivity contribution < 1.29 is 0 Å². The third-order valence-electron chi connectivity index (χ3n) is 6.23. The van der Waals surface area contributed by atoms with E-state index in [4.69, 9.17) is 0 Å². The van der Waals surface area contributed by atoms with Gasteiger partial charge in [0, 0.05) is 42.8 Å². The first-order valence-electron chi connectivity index (χ1n) is 12.8. The van der Waals surface area contributed by atoms with Crippen LogP contribution in [0, 0.1) is 0 Å². The second-order valence-electron chi connectivity index (χ2n) is 9.30. The average Bonchev–Trinajstić information content (AvgIpc) is 3.60. The largest absolute Gasteiger partial charge is 0.348 e. The zero-order valence-electron chi connectivity index (χ0n) is 21.5. The van der Waals surface area contributed by atoms with E-state index in [0.29, 0.717) is 0 Å². The third kappa shape index (κ3) is 8.65. The molecule has 0 aliphatic rings. The topological polar surface area (TPSA) is 67.1 Å². The van der Waals surface area contributed by atoms with Crippen molar-refractivity contribution in [1.82, 2.24) is 34.6 Å². The zero-order chi connectivity index (χ0) is 24.2. The number of hydrogen-bond donors (Lipinski definition) is 2.